The number of urea groups is 1. The summed E-state index contributed by atoms with van der Waals surface area (Å²) in [4.78, 5) is 46.4. The molecule has 1 atom stereocenters. The molecule has 0 radical (unpaired) electrons. The number of rotatable bonds is 6. The highest BCUT2D eigenvalue weighted by Gasteiger charge is 2.47. The molecule has 1 unspecified atom stereocenters. The molecule has 1 aliphatic rings. The number of nitrogens with one attached hydrogen (secondary N) is 1. The molecule has 1 fully saturated rings. The van der Waals surface area contributed by atoms with Gasteiger partial charge in [-0.2, -0.15) is 0 Å². The Morgan fingerprint density at radius 2 is 2.00 bits per heavy atom. The fraction of sp³-hybridized carbons (Fsp3) is 0.389. The largest absolute Gasteiger partial charge is 0.466 e. The fourth-order valence-electron chi connectivity index (χ4n) is 2.88. The van der Waals surface area contributed by atoms with Crippen molar-refractivity contribution in [2.45, 2.75) is 38.8 Å². The van der Waals surface area contributed by atoms with Crippen LogP contribution < -0.4 is 5.32 Å². The number of hydrogen-bond acceptors (Lipinski definition) is 6. The molecule has 1 aromatic heterocycles. The van der Waals surface area contributed by atoms with Crippen LogP contribution in [0.5, 0.6) is 0 Å². The van der Waals surface area contributed by atoms with Crippen molar-refractivity contribution in [1.82, 2.24) is 20.2 Å². The summed E-state index contributed by atoms with van der Waals surface area (Å²) in [6.07, 6.45) is 1.79. The lowest BCUT2D eigenvalue weighted by atomic mass is 9.96. The van der Waals surface area contributed by atoms with Crippen LogP contribution in [0, 0.1) is 0 Å². The third-order valence-corrected chi connectivity index (χ3v) is 4.30. The summed E-state index contributed by atoms with van der Waals surface area (Å²) >= 11 is 0. The van der Waals surface area contributed by atoms with Gasteiger partial charge in [-0.1, -0.05) is 12.1 Å². The molecule has 1 aliphatic heterocycles. The Morgan fingerprint density at radius 3 is 2.73 bits per heavy atom. The highest BCUT2D eigenvalue weighted by molar-refractivity contribution is 6.06. The number of amides is 3. The summed E-state index contributed by atoms with van der Waals surface area (Å²) in [6, 6.07) is 6.87. The molecule has 8 nitrogen and oxygen atoms in total. The first kappa shape index (κ1) is 17.8. The van der Waals surface area contributed by atoms with E-state index in [1.807, 2.05) is 24.3 Å². The molecule has 3 rings (SSSR count). The van der Waals surface area contributed by atoms with E-state index in [2.05, 4.69) is 15.3 Å². The number of fused-ring (bicyclic) bond motifs is 1. The molecule has 0 saturated carbocycles. The Hall–Kier alpha value is -3.03. The Bertz CT molecular complexity index is 869. The smallest absolute Gasteiger partial charge is 0.325 e. The highest BCUT2D eigenvalue weighted by Crippen LogP contribution is 2.24. The van der Waals surface area contributed by atoms with Crippen molar-refractivity contribution in [2.24, 2.45) is 0 Å². The molecule has 8 heteroatoms. The van der Waals surface area contributed by atoms with Gasteiger partial charge in [-0.05, 0) is 32.4 Å². The maximum absolute atomic E-state index is 12.7. The van der Waals surface area contributed by atoms with Crippen molar-refractivity contribution in [3.63, 3.8) is 0 Å². The molecule has 2 heterocycles. The van der Waals surface area contributed by atoms with Crippen molar-refractivity contribution < 1.29 is 19.1 Å². The normalized spacial score (nSPS) is 19.7. The Kier molecular flexibility index (Phi) is 4.83. The molecule has 3 amide bonds. The lowest BCUT2D eigenvalue weighted by molar-refractivity contribution is -0.143. The lowest BCUT2D eigenvalue weighted by Crippen LogP contribution is -2.44. The van der Waals surface area contributed by atoms with Gasteiger partial charge in [-0.3, -0.25) is 19.5 Å². The number of imide groups is 1. The van der Waals surface area contributed by atoms with Gasteiger partial charge in [0.2, 0.25) is 0 Å². The molecule has 0 spiro atoms. The van der Waals surface area contributed by atoms with E-state index in [9.17, 15) is 14.4 Å². The molecular formula is C18H20N4O4. The van der Waals surface area contributed by atoms with Crippen LogP contribution in [-0.2, 0) is 20.9 Å². The summed E-state index contributed by atoms with van der Waals surface area (Å²) in [7, 11) is 0. The van der Waals surface area contributed by atoms with Crippen LogP contribution in [0.2, 0.25) is 0 Å². The topological polar surface area (TPSA) is 101 Å². The van der Waals surface area contributed by atoms with Crippen LogP contribution in [0.3, 0.4) is 0 Å². The molecule has 26 heavy (non-hydrogen) atoms. The highest BCUT2D eigenvalue weighted by atomic mass is 16.5. The van der Waals surface area contributed by atoms with Gasteiger partial charge >= 0.3 is 12.0 Å². The van der Waals surface area contributed by atoms with Gasteiger partial charge in [0.15, 0.2) is 0 Å². The number of carbonyl (C=O) groups is 3. The number of ether oxygens (including phenoxy) is 1. The van der Waals surface area contributed by atoms with E-state index in [4.69, 9.17) is 4.74 Å². The number of para-hydroxylation sites is 2. The number of carbonyl (C=O) groups excluding carboxylic acids is 3. The van der Waals surface area contributed by atoms with Crippen molar-refractivity contribution in [3.05, 3.63) is 36.2 Å². The van der Waals surface area contributed by atoms with Crippen LogP contribution in [0.15, 0.2) is 30.5 Å². The third-order valence-electron chi connectivity index (χ3n) is 4.30. The monoisotopic (exact) mass is 356 g/mol. The number of hydrogen-bond donors (Lipinski definition) is 1. The number of aromatic nitrogens is 2. The van der Waals surface area contributed by atoms with Crippen molar-refractivity contribution in [1.29, 1.82) is 0 Å². The first-order chi connectivity index (χ1) is 12.4. The first-order valence-electron chi connectivity index (χ1n) is 8.43. The van der Waals surface area contributed by atoms with Crippen molar-refractivity contribution in [3.8, 4) is 0 Å². The van der Waals surface area contributed by atoms with Gasteiger partial charge in [0.1, 0.15) is 5.54 Å². The Balaban J connectivity index is 1.72. The molecule has 1 N–H and O–H groups in total. The van der Waals surface area contributed by atoms with Crippen molar-refractivity contribution in [2.75, 3.05) is 6.61 Å². The van der Waals surface area contributed by atoms with Crippen LogP contribution in [0.1, 0.15) is 32.4 Å². The quantitative estimate of drug-likeness (QED) is 0.625. The molecule has 136 valence electrons. The van der Waals surface area contributed by atoms with E-state index in [0.717, 1.165) is 10.4 Å². The fourth-order valence-corrected chi connectivity index (χ4v) is 2.88. The van der Waals surface area contributed by atoms with E-state index in [1.54, 1.807) is 20.0 Å². The van der Waals surface area contributed by atoms with Gasteiger partial charge in [0.25, 0.3) is 5.91 Å². The Labute approximate surface area is 150 Å². The van der Waals surface area contributed by atoms with E-state index in [-0.39, 0.29) is 31.9 Å². The lowest BCUT2D eigenvalue weighted by Gasteiger charge is -2.21. The molecule has 0 aliphatic carbocycles. The average Bonchev–Trinajstić information content (AvgIpc) is 2.84. The van der Waals surface area contributed by atoms with Gasteiger partial charge in [0.05, 0.1) is 36.1 Å². The van der Waals surface area contributed by atoms with Crippen LogP contribution in [-0.4, -0.2) is 44.9 Å². The van der Waals surface area contributed by atoms with Crippen LogP contribution in [0.4, 0.5) is 4.79 Å². The minimum Gasteiger partial charge on any atom is -0.466 e. The molecule has 2 aromatic rings. The van der Waals surface area contributed by atoms with Gasteiger partial charge in [0, 0.05) is 6.42 Å². The summed E-state index contributed by atoms with van der Waals surface area (Å²) in [5.41, 5.74) is 0.824. The van der Waals surface area contributed by atoms with E-state index in [1.165, 1.54) is 0 Å². The number of benzene rings is 1. The first-order valence-corrected chi connectivity index (χ1v) is 8.43. The number of esters is 1. The van der Waals surface area contributed by atoms with Crippen LogP contribution in [0.25, 0.3) is 11.0 Å². The molecule has 1 aromatic carbocycles. The molecule has 1 saturated heterocycles. The SMILES string of the molecule is CCOC(=O)CCC1(C)NC(=O)N(Cc2cnc3ccccc3n2)C1=O. The van der Waals surface area contributed by atoms with E-state index >= 15 is 0 Å². The zero-order valence-corrected chi connectivity index (χ0v) is 14.7. The van der Waals surface area contributed by atoms with Gasteiger partial charge in [-0.15, -0.1) is 0 Å². The standard InChI is InChI=1S/C18H20N4O4/c1-3-26-15(23)8-9-18(2)16(24)22(17(25)21-18)11-12-10-19-13-6-4-5-7-14(13)20-12/h4-7,10H,3,8-9,11H2,1-2H3,(H,21,25). The Morgan fingerprint density at radius 1 is 1.27 bits per heavy atom. The van der Waals surface area contributed by atoms with Crippen molar-refractivity contribution >= 4 is 28.9 Å². The minimum absolute atomic E-state index is 0.0253. The van der Waals surface area contributed by atoms with E-state index < -0.39 is 17.5 Å². The maximum Gasteiger partial charge on any atom is 0.325 e. The average molecular weight is 356 g/mol. The predicted octanol–water partition coefficient (Wildman–Crippen LogP) is 1.78. The zero-order chi connectivity index (χ0) is 18.7. The molecule has 0 bridgehead atoms. The maximum atomic E-state index is 12.7. The molecular weight excluding hydrogens is 336 g/mol. The second kappa shape index (κ2) is 7.07. The van der Waals surface area contributed by atoms with Gasteiger partial charge < -0.3 is 10.1 Å². The second-order valence-electron chi connectivity index (χ2n) is 6.31. The second-order valence-corrected chi connectivity index (χ2v) is 6.31. The summed E-state index contributed by atoms with van der Waals surface area (Å²) in [5, 5.41) is 2.67. The van der Waals surface area contributed by atoms with E-state index in [0.29, 0.717) is 11.2 Å². The summed E-state index contributed by atoms with van der Waals surface area (Å²) in [5.74, 6) is -0.781. The summed E-state index contributed by atoms with van der Waals surface area (Å²) < 4.78 is 4.88. The van der Waals surface area contributed by atoms with Crippen LogP contribution >= 0.6 is 0 Å². The summed E-state index contributed by atoms with van der Waals surface area (Å²) in [6.45, 7) is 3.63. The van der Waals surface area contributed by atoms with Gasteiger partial charge in [-0.25, -0.2) is 9.78 Å². The third kappa shape index (κ3) is 3.49. The number of nitrogens with zero attached hydrogens (tertiary/aromatic N) is 3. The predicted molar refractivity (Wildman–Crippen MR) is 92.9 cm³/mol. The minimum atomic E-state index is -1.13. The zero-order valence-electron chi connectivity index (χ0n) is 14.7.